The van der Waals surface area contributed by atoms with Gasteiger partial charge < -0.3 is 10.4 Å². The van der Waals surface area contributed by atoms with Gasteiger partial charge in [0, 0.05) is 18.2 Å². The van der Waals surface area contributed by atoms with E-state index in [1.807, 2.05) is 0 Å². The maximum absolute atomic E-state index is 13.1. The van der Waals surface area contributed by atoms with Gasteiger partial charge in [0.2, 0.25) is 5.91 Å². The molecule has 3 rings (SSSR count). The Morgan fingerprint density at radius 2 is 1.79 bits per heavy atom. The van der Waals surface area contributed by atoms with Gasteiger partial charge in [-0.2, -0.15) is 5.10 Å². The molecule has 148 valence electrons. The van der Waals surface area contributed by atoms with Crippen molar-refractivity contribution in [1.29, 1.82) is 0 Å². The number of hydrogen-bond acceptors (Lipinski definition) is 4. The molecule has 0 atom stereocenters. The lowest BCUT2D eigenvalue weighted by molar-refractivity contribution is -0.143. The fourth-order valence-electron chi connectivity index (χ4n) is 3.40. The van der Waals surface area contributed by atoms with E-state index in [9.17, 15) is 18.8 Å². The molecule has 1 fully saturated rings. The van der Waals surface area contributed by atoms with Gasteiger partial charge in [-0.3, -0.25) is 14.4 Å². The van der Waals surface area contributed by atoms with Crippen molar-refractivity contribution in [2.45, 2.75) is 32.2 Å². The highest BCUT2D eigenvalue weighted by Crippen LogP contribution is 2.28. The summed E-state index contributed by atoms with van der Waals surface area (Å²) in [5.41, 5.74) is 0.716. The fraction of sp³-hybridized carbons (Fsp3) is 0.400. The van der Waals surface area contributed by atoms with Crippen LogP contribution in [0.25, 0.3) is 11.3 Å². The molecule has 0 bridgehead atoms. The molecule has 2 aromatic rings. The summed E-state index contributed by atoms with van der Waals surface area (Å²) in [7, 11) is 0. The van der Waals surface area contributed by atoms with Gasteiger partial charge in [-0.05, 0) is 61.9 Å². The van der Waals surface area contributed by atoms with Crippen LogP contribution in [0.3, 0.4) is 0 Å². The number of halogens is 1. The Labute approximate surface area is 161 Å². The molecule has 1 aromatic carbocycles. The van der Waals surface area contributed by atoms with Crippen LogP contribution in [0.2, 0.25) is 0 Å². The minimum Gasteiger partial charge on any atom is -0.481 e. The molecule has 1 aliphatic carbocycles. The molecule has 1 aliphatic rings. The summed E-state index contributed by atoms with van der Waals surface area (Å²) in [5.74, 6) is -1.49. The molecular weight excluding hydrogens is 365 g/mol. The van der Waals surface area contributed by atoms with Gasteiger partial charge >= 0.3 is 5.97 Å². The van der Waals surface area contributed by atoms with Gasteiger partial charge in [0.05, 0.1) is 11.6 Å². The van der Waals surface area contributed by atoms with Crippen molar-refractivity contribution in [3.63, 3.8) is 0 Å². The summed E-state index contributed by atoms with van der Waals surface area (Å²) in [5, 5.41) is 16.0. The minimum absolute atomic E-state index is 0.210. The first-order chi connectivity index (χ1) is 13.4. The largest absolute Gasteiger partial charge is 0.481 e. The van der Waals surface area contributed by atoms with E-state index >= 15 is 0 Å². The van der Waals surface area contributed by atoms with Crippen LogP contribution in [0.1, 0.15) is 25.7 Å². The first kappa shape index (κ1) is 19.7. The van der Waals surface area contributed by atoms with Crippen LogP contribution in [0.4, 0.5) is 4.39 Å². The van der Waals surface area contributed by atoms with E-state index in [0.717, 1.165) is 17.5 Å². The van der Waals surface area contributed by atoms with Crippen molar-refractivity contribution in [3.05, 3.63) is 52.6 Å². The van der Waals surface area contributed by atoms with Crippen LogP contribution in [0.5, 0.6) is 0 Å². The van der Waals surface area contributed by atoms with Crippen LogP contribution >= 0.6 is 0 Å². The van der Waals surface area contributed by atoms with E-state index in [1.165, 1.54) is 24.3 Å². The molecule has 8 heteroatoms. The van der Waals surface area contributed by atoms with Crippen molar-refractivity contribution in [1.82, 2.24) is 15.1 Å². The highest BCUT2D eigenvalue weighted by atomic mass is 19.1. The molecule has 28 heavy (non-hydrogen) atoms. The molecule has 0 aliphatic heterocycles. The SMILES string of the molecule is O=C(Cn1nc(-c2ccc(F)cc2)ccc1=O)NCC1CCC(C(=O)O)CC1. The van der Waals surface area contributed by atoms with Gasteiger partial charge in [-0.1, -0.05) is 0 Å². The van der Waals surface area contributed by atoms with Gasteiger partial charge in [-0.15, -0.1) is 0 Å². The van der Waals surface area contributed by atoms with Crippen molar-refractivity contribution in [3.8, 4) is 11.3 Å². The van der Waals surface area contributed by atoms with Crippen molar-refractivity contribution >= 4 is 11.9 Å². The van der Waals surface area contributed by atoms with Gasteiger partial charge in [0.1, 0.15) is 12.4 Å². The number of hydrogen-bond donors (Lipinski definition) is 2. The molecule has 0 unspecified atom stereocenters. The van der Waals surface area contributed by atoms with Crippen LogP contribution in [0.15, 0.2) is 41.2 Å². The molecule has 0 spiro atoms. The van der Waals surface area contributed by atoms with Crippen molar-refractivity contribution < 1.29 is 19.1 Å². The second kappa shape index (κ2) is 8.77. The number of nitrogens with zero attached hydrogens (tertiary/aromatic N) is 2. The van der Waals surface area contributed by atoms with Crippen LogP contribution in [-0.2, 0) is 16.1 Å². The third-order valence-corrected chi connectivity index (χ3v) is 5.08. The van der Waals surface area contributed by atoms with Crippen LogP contribution in [0, 0.1) is 17.7 Å². The van der Waals surface area contributed by atoms with E-state index < -0.39 is 11.5 Å². The number of carboxylic acid groups (broad SMARTS) is 1. The minimum atomic E-state index is -0.756. The lowest BCUT2D eigenvalue weighted by Crippen LogP contribution is -2.37. The lowest BCUT2D eigenvalue weighted by Gasteiger charge is -2.26. The summed E-state index contributed by atoms with van der Waals surface area (Å²) >= 11 is 0. The highest BCUT2D eigenvalue weighted by Gasteiger charge is 2.26. The second-order valence-electron chi connectivity index (χ2n) is 7.08. The maximum atomic E-state index is 13.1. The van der Waals surface area contributed by atoms with Gasteiger partial charge in [0.15, 0.2) is 0 Å². The van der Waals surface area contributed by atoms with Crippen molar-refractivity contribution in [2.24, 2.45) is 11.8 Å². The number of amides is 1. The normalized spacial score (nSPS) is 19.2. The predicted molar refractivity (Wildman–Crippen MR) is 100.0 cm³/mol. The predicted octanol–water partition coefficient (Wildman–Crippen LogP) is 2.06. The number of rotatable bonds is 6. The zero-order valence-corrected chi connectivity index (χ0v) is 15.3. The summed E-state index contributed by atoms with van der Waals surface area (Å²) in [6.45, 7) is 0.246. The number of benzene rings is 1. The summed E-state index contributed by atoms with van der Waals surface area (Å²) in [6, 6.07) is 8.58. The highest BCUT2D eigenvalue weighted by molar-refractivity contribution is 5.75. The number of carbonyl (C=O) groups excluding carboxylic acids is 1. The Kier molecular flexibility index (Phi) is 6.18. The topological polar surface area (TPSA) is 101 Å². The summed E-state index contributed by atoms with van der Waals surface area (Å²) in [4.78, 5) is 35.2. The Balaban J connectivity index is 1.57. The number of nitrogens with one attached hydrogen (secondary N) is 1. The second-order valence-corrected chi connectivity index (χ2v) is 7.08. The number of aromatic nitrogens is 2. The Morgan fingerprint density at radius 1 is 1.11 bits per heavy atom. The van der Waals surface area contributed by atoms with E-state index in [4.69, 9.17) is 5.11 Å². The molecule has 0 radical (unpaired) electrons. The zero-order valence-electron chi connectivity index (χ0n) is 15.3. The standard InChI is InChI=1S/C20H22FN3O4/c21-16-7-5-14(6-8-16)17-9-10-19(26)24(23-17)12-18(25)22-11-13-1-3-15(4-2-13)20(27)28/h5-10,13,15H,1-4,11-12H2,(H,22,25)(H,27,28). The van der Waals surface area contributed by atoms with E-state index in [1.54, 1.807) is 12.1 Å². The molecule has 0 saturated heterocycles. The zero-order chi connectivity index (χ0) is 20.1. The number of carboxylic acids is 1. The van der Waals surface area contributed by atoms with E-state index in [2.05, 4.69) is 10.4 Å². The number of aliphatic carboxylic acids is 1. The average Bonchev–Trinajstić information content (AvgIpc) is 2.69. The Bertz CT molecular complexity index is 902. The fourth-order valence-corrected chi connectivity index (χ4v) is 3.40. The first-order valence-corrected chi connectivity index (χ1v) is 9.26. The van der Waals surface area contributed by atoms with E-state index in [-0.39, 0.29) is 30.1 Å². The van der Waals surface area contributed by atoms with Crippen LogP contribution < -0.4 is 10.9 Å². The van der Waals surface area contributed by atoms with Crippen LogP contribution in [-0.4, -0.2) is 33.3 Å². The molecule has 7 nitrogen and oxygen atoms in total. The molecule has 2 N–H and O–H groups in total. The van der Waals surface area contributed by atoms with Crippen molar-refractivity contribution in [2.75, 3.05) is 6.54 Å². The summed E-state index contributed by atoms with van der Waals surface area (Å²) in [6.07, 6.45) is 2.76. The molecule has 1 saturated carbocycles. The van der Waals surface area contributed by atoms with Gasteiger partial charge in [0.25, 0.3) is 5.56 Å². The first-order valence-electron chi connectivity index (χ1n) is 9.26. The third kappa shape index (κ3) is 5.03. The smallest absolute Gasteiger partial charge is 0.306 e. The third-order valence-electron chi connectivity index (χ3n) is 5.08. The molecule has 1 heterocycles. The average molecular weight is 387 g/mol. The molecule has 1 amide bonds. The lowest BCUT2D eigenvalue weighted by atomic mass is 9.82. The van der Waals surface area contributed by atoms with Gasteiger partial charge in [-0.25, -0.2) is 9.07 Å². The monoisotopic (exact) mass is 387 g/mol. The summed E-state index contributed by atoms with van der Waals surface area (Å²) < 4.78 is 14.1. The Morgan fingerprint density at radius 3 is 2.43 bits per heavy atom. The Hall–Kier alpha value is -3.03. The molecule has 1 aromatic heterocycles. The quantitative estimate of drug-likeness (QED) is 0.790. The maximum Gasteiger partial charge on any atom is 0.306 e. The molecular formula is C20H22FN3O4. The number of carbonyl (C=O) groups is 2. The van der Waals surface area contributed by atoms with E-state index in [0.29, 0.717) is 30.6 Å².